The van der Waals surface area contributed by atoms with Gasteiger partial charge in [0.05, 0.1) is 24.7 Å². The number of ether oxygens (including phenoxy) is 1. The lowest BCUT2D eigenvalue weighted by Gasteiger charge is -2.18. The summed E-state index contributed by atoms with van der Waals surface area (Å²) in [5.41, 5.74) is 2.90. The summed E-state index contributed by atoms with van der Waals surface area (Å²) >= 11 is 0. The standard InChI is InChI=1S/C21H26N4O/c1-4-23-21(25-15-19-10-8-18(13-22)9-11-19)24-14-17(3)26-20-7-5-6-16(2)12-20/h5-12,17H,4,14-15H2,1-3H3,(H2,23,24,25). The third-order valence-corrected chi connectivity index (χ3v) is 3.73. The summed E-state index contributed by atoms with van der Waals surface area (Å²) in [6.45, 7) is 8.09. The maximum absolute atomic E-state index is 8.85. The van der Waals surface area contributed by atoms with Gasteiger partial charge in [-0.1, -0.05) is 24.3 Å². The van der Waals surface area contributed by atoms with Gasteiger partial charge < -0.3 is 15.4 Å². The first-order valence-corrected chi connectivity index (χ1v) is 8.85. The van der Waals surface area contributed by atoms with Gasteiger partial charge in [0.1, 0.15) is 11.9 Å². The van der Waals surface area contributed by atoms with Gasteiger partial charge >= 0.3 is 0 Å². The predicted octanol–water partition coefficient (Wildman–Crippen LogP) is 3.39. The summed E-state index contributed by atoms with van der Waals surface area (Å²) in [7, 11) is 0. The largest absolute Gasteiger partial charge is 0.489 e. The second-order valence-corrected chi connectivity index (χ2v) is 6.13. The van der Waals surface area contributed by atoms with E-state index in [1.54, 1.807) is 0 Å². The number of hydrogen-bond acceptors (Lipinski definition) is 3. The highest BCUT2D eigenvalue weighted by Crippen LogP contribution is 2.13. The van der Waals surface area contributed by atoms with Crippen LogP contribution in [0.5, 0.6) is 5.75 Å². The first kappa shape index (κ1) is 19.3. The number of aryl methyl sites for hydroxylation is 1. The molecule has 0 aliphatic rings. The first-order chi connectivity index (χ1) is 12.6. The van der Waals surface area contributed by atoms with Crippen LogP contribution in [0.3, 0.4) is 0 Å². The fraction of sp³-hybridized carbons (Fsp3) is 0.333. The minimum atomic E-state index is 0.00979. The summed E-state index contributed by atoms with van der Waals surface area (Å²) in [4.78, 5) is 4.59. The van der Waals surface area contributed by atoms with Crippen molar-refractivity contribution in [2.45, 2.75) is 33.4 Å². The van der Waals surface area contributed by atoms with Crippen LogP contribution in [-0.2, 0) is 6.54 Å². The Morgan fingerprint density at radius 2 is 1.96 bits per heavy atom. The Labute approximate surface area is 155 Å². The molecule has 0 fully saturated rings. The number of nitrogens with zero attached hydrogens (tertiary/aromatic N) is 2. The second-order valence-electron chi connectivity index (χ2n) is 6.13. The molecule has 0 aliphatic carbocycles. The molecule has 26 heavy (non-hydrogen) atoms. The van der Waals surface area contributed by atoms with Crippen molar-refractivity contribution in [1.82, 2.24) is 10.6 Å². The number of nitrogens with one attached hydrogen (secondary N) is 2. The van der Waals surface area contributed by atoms with Gasteiger partial charge in [-0.15, -0.1) is 0 Å². The van der Waals surface area contributed by atoms with Crippen LogP contribution in [-0.4, -0.2) is 25.2 Å². The van der Waals surface area contributed by atoms with Crippen LogP contribution < -0.4 is 15.4 Å². The molecule has 1 atom stereocenters. The molecule has 0 aromatic heterocycles. The molecule has 0 spiro atoms. The maximum Gasteiger partial charge on any atom is 0.191 e. The predicted molar refractivity (Wildman–Crippen MR) is 105 cm³/mol. The number of rotatable bonds is 7. The number of benzene rings is 2. The lowest BCUT2D eigenvalue weighted by molar-refractivity contribution is 0.223. The Bertz CT molecular complexity index is 762. The highest BCUT2D eigenvalue weighted by molar-refractivity contribution is 5.79. The molecule has 2 N–H and O–H groups in total. The first-order valence-electron chi connectivity index (χ1n) is 8.85. The zero-order chi connectivity index (χ0) is 18.8. The monoisotopic (exact) mass is 350 g/mol. The van der Waals surface area contributed by atoms with Gasteiger partial charge in [-0.2, -0.15) is 5.26 Å². The molecule has 0 amide bonds. The van der Waals surface area contributed by atoms with Crippen molar-refractivity contribution in [3.8, 4) is 11.8 Å². The third kappa shape index (κ3) is 6.48. The highest BCUT2D eigenvalue weighted by Gasteiger charge is 2.06. The lowest BCUT2D eigenvalue weighted by Crippen LogP contribution is -2.41. The third-order valence-electron chi connectivity index (χ3n) is 3.73. The fourth-order valence-electron chi connectivity index (χ4n) is 2.40. The molecule has 2 rings (SSSR count). The van der Waals surface area contributed by atoms with E-state index in [-0.39, 0.29) is 6.10 Å². The van der Waals surface area contributed by atoms with E-state index in [0.29, 0.717) is 18.7 Å². The number of hydrogen-bond donors (Lipinski definition) is 2. The molecule has 0 saturated heterocycles. The van der Waals surface area contributed by atoms with Crippen molar-refractivity contribution >= 4 is 5.96 Å². The molecular formula is C21H26N4O. The van der Waals surface area contributed by atoms with Gasteiger partial charge in [-0.3, -0.25) is 0 Å². The molecule has 0 bridgehead atoms. The summed E-state index contributed by atoms with van der Waals surface area (Å²) in [6, 6.07) is 17.6. The molecule has 0 radical (unpaired) electrons. The molecule has 1 unspecified atom stereocenters. The Hall–Kier alpha value is -3.00. The summed E-state index contributed by atoms with van der Waals surface area (Å²) in [5, 5.41) is 15.4. The van der Waals surface area contributed by atoms with Crippen molar-refractivity contribution in [3.05, 3.63) is 65.2 Å². The minimum Gasteiger partial charge on any atom is -0.489 e. The zero-order valence-electron chi connectivity index (χ0n) is 15.6. The van der Waals surface area contributed by atoms with Gasteiger partial charge in [-0.05, 0) is 56.2 Å². The molecular weight excluding hydrogens is 324 g/mol. The Morgan fingerprint density at radius 1 is 1.19 bits per heavy atom. The fourth-order valence-corrected chi connectivity index (χ4v) is 2.40. The van der Waals surface area contributed by atoms with Gasteiger partial charge in [0, 0.05) is 6.54 Å². The van der Waals surface area contributed by atoms with Crippen LogP contribution in [0.1, 0.15) is 30.5 Å². The van der Waals surface area contributed by atoms with E-state index < -0.39 is 0 Å². The minimum absolute atomic E-state index is 0.00979. The van der Waals surface area contributed by atoms with Crippen molar-refractivity contribution < 1.29 is 4.74 Å². The van der Waals surface area contributed by atoms with E-state index in [4.69, 9.17) is 10.00 Å². The molecule has 136 valence electrons. The maximum atomic E-state index is 8.85. The SMILES string of the molecule is CCNC(=NCc1ccc(C#N)cc1)NCC(C)Oc1cccc(C)c1. The smallest absolute Gasteiger partial charge is 0.191 e. The second kappa shape index (κ2) is 10.1. The lowest BCUT2D eigenvalue weighted by atomic mass is 10.1. The van der Waals surface area contributed by atoms with Gasteiger partial charge in [0.25, 0.3) is 0 Å². The van der Waals surface area contributed by atoms with Gasteiger partial charge in [0.15, 0.2) is 5.96 Å². The van der Waals surface area contributed by atoms with E-state index in [9.17, 15) is 0 Å². The van der Waals surface area contributed by atoms with Crippen molar-refractivity contribution in [2.24, 2.45) is 4.99 Å². The zero-order valence-corrected chi connectivity index (χ0v) is 15.6. The molecule has 0 heterocycles. The topological polar surface area (TPSA) is 69.4 Å². The summed E-state index contributed by atoms with van der Waals surface area (Å²) in [6.07, 6.45) is 0.00979. The number of aliphatic imine (C=N–C) groups is 1. The number of nitriles is 1. The average Bonchev–Trinajstić information content (AvgIpc) is 2.64. The van der Waals surface area contributed by atoms with Crippen LogP contribution in [0, 0.1) is 18.3 Å². The summed E-state index contributed by atoms with van der Waals surface area (Å²) < 4.78 is 5.94. The number of guanidine groups is 1. The van der Waals surface area contributed by atoms with Crippen LogP contribution in [0.2, 0.25) is 0 Å². The Kier molecular flexibility index (Phi) is 7.50. The van der Waals surface area contributed by atoms with E-state index in [0.717, 1.165) is 23.8 Å². The molecule has 2 aromatic rings. The Morgan fingerprint density at radius 3 is 2.62 bits per heavy atom. The molecule has 2 aromatic carbocycles. The van der Waals surface area contributed by atoms with E-state index in [2.05, 4.69) is 34.7 Å². The van der Waals surface area contributed by atoms with Crippen molar-refractivity contribution in [2.75, 3.05) is 13.1 Å². The van der Waals surface area contributed by atoms with Gasteiger partial charge in [-0.25, -0.2) is 4.99 Å². The van der Waals surface area contributed by atoms with Crippen LogP contribution in [0.4, 0.5) is 0 Å². The average molecular weight is 350 g/mol. The normalized spacial score (nSPS) is 12.2. The highest BCUT2D eigenvalue weighted by atomic mass is 16.5. The molecule has 5 nitrogen and oxygen atoms in total. The van der Waals surface area contributed by atoms with E-state index in [1.165, 1.54) is 5.56 Å². The van der Waals surface area contributed by atoms with Crippen molar-refractivity contribution in [3.63, 3.8) is 0 Å². The van der Waals surface area contributed by atoms with Crippen molar-refractivity contribution in [1.29, 1.82) is 5.26 Å². The Balaban J connectivity index is 1.88. The van der Waals surface area contributed by atoms with Crippen LogP contribution >= 0.6 is 0 Å². The quantitative estimate of drug-likeness (QED) is 0.593. The molecule has 0 aliphatic heterocycles. The molecule has 0 saturated carbocycles. The summed E-state index contributed by atoms with van der Waals surface area (Å²) in [5.74, 6) is 1.62. The van der Waals surface area contributed by atoms with E-state index in [1.807, 2.05) is 56.3 Å². The molecule has 5 heteroatoms. The van der Waals surface area contributed by atoms with Crippen LogP contribution in [0.25, 0.3) is 0 Å². The van der Waals surface area contributed by atoms with Gasteiger partial charge in [0.2, 0.25) is 0 Å². The van der Waals surface area contributed by atoms with E-state index >= 15 is 0 Å². The van der Waals surface area contributed by atoms with Crippen LogP contribution in [0.15, 0.2) is 53.5 Å².